The number of nitrogens with zero attached hydrogens (tertiary/aromatic N) is 2. The summed E-state index contributed by atoms with van der Waals surface area (Å²) in [6.07, 6.45) is 3.54. The molecule has 1 aromatic rings. The minimum absolute atomic E-state index is 0.480. The average molecular weight is 273 g/mol. The summed E-state index contributed by atoms with van der Waals surface area (Å²) in [7, 11) is -2.53. The molecule has 0 saturated carbocycles. The third-order valence-corrected chi connectivity index (χ3v) is 12.1. The van der Waals surface area contributed by atoms with Crippen LogP contribution in [0.15, 0.2) is 12.4 Å². The van der Waals surface area contributed by atoms with Gasteiger partial charge in [-0.25, -0.2) is 4.98 Å². The summed E-state index contributed by atoms with van der Waals surface area (Å²) in [6.45, 7) is 14.5. The van der Waals surface area contributed by atoms with Crippen molar-refractivity contribution < 1.29 is 0 Å². The average Bonchev–Trinajstić information content (AvgIpc) is 2.03. The Labute approximate surface area is 105 Å². The number of hydrogen-bond acceptors (Lipinski definition) is 2. The summed E-state index contributed by atoms with van der Waals surface area (Å²) in [5.74, 6) is 0. The van der Waals surface area contributed by atoms with Gasteiger partial charge in [0.1, 0.15) is 5.15 Å². The van der Waals surface area contributed by atoms with Crippen molar-refractivity contribution in [2.75, 3.05) is 0 Å². The van der Waals surface area contributed by atoms with E-state index in [0.29, 0.717) is 10.3 Å². The van der Waals surface area contributed by atoms with Crippen LogP contribution in [-0.4, -0.2) is 26.1 Å². The van der Waals surface area contributed by atoms with Crippen LogP contribution in [0.1, 0.15) is 10.9 Å². The Bertz CT molecular complexity index is 338. The molecule has 16 heavy (non-hydrogen) atoms. The fourth-order valence-electron chi connectivity index (χ4n) is 2.66. The Morgan fingerprint density at radius 2 is 1.44 bits per heavy atom. The minimum atomic E-state index is -1.26. The fraction of sp³-hybridized carbons (Fsp3) is 0.636. The molecule has 0 atom stereocenters. The van der Waals surface area contributed by atoms with Crippen molar-refractivity contribution in [3.8, 4) is 0 Å². The van der Waals surface area contributed by atoms with Gasteiger partial charge in [-0.1, -0.05) is 50.9 Å². The van der Waals surface area contributed by atoms with Gasteiger partial charge < -0.3 is 0 Å². The first-order chi connectivity index (χ1) is 7.12. The molecule has 0 unspecified atom stereocenters. The van der Waals surface area contributed by atoms with Gasteiger partial charge in [0, 0.05) is 6.20 Å². The molecule has 0 aliphatic rings. The van der Waals surface area contributed by atoms with Crippen LogP contribution in [0.25, 0.3) is 0 Å². The van der Waals surface area contributed by atoms with Gasteiger partial charge in [-0.15, -0.1) is 0 Å². The maximum Gasteiger partial charge on any atom is 0.147 e. The van der Waals surface area contributed by atoms with E-state index in [1.54, 1.807) is 6.20 Å². The van der Waals surface area contributed by atoms with E-state index in [4.69, 9.17) is 11.6 Å². The second-order valence-corrected chi connectivity index (χ2v) is 18.0. The molecule has 0 radical (unpaired) electrons. The van der Waals surface area contributed by atoms with Crippen LogP contribution in [-0.2, 0) is 0 Å². The number of aromatic nitrogens is 2. The highest BCUT2D eigenvalue weighted by molar-refractivity contribution is 6.96. The predicted octanol–water partition coefficient (Wildman–Crippen LogP) is 3.97. The Balaban J connectivity index is 3.18. The lowest BCUT2D eigenvalue weighted by atomic mass is 10.5. The highest BCUT2D eigenvalue weighted by atomic mass is 35.5. The molecule has 0 N–H and O–H groups in total. The zero-order valence-electron chi connectivity index (χ0n) is 11.0. The SMILES string of the molecule is C[Si](C)(C)C(c1cnc(Cl)cn1)[Si](C)(C)C. The molecule has 0 spiro atoms. The van der Waals surface area contributed by atoms with Gasteiger partial charge in [-0.3, -0.25) is 4.98 Å². The first kappa shape index (κ1) is 13.9. The molecule has 1 heterocycles. The van der Waals surface area contributed by atoms with Crippen molar-refractivity contribution in [2.45, 2.75) is 44.4 Å². The monoisotopic (exact) mass is 272 g/mol. The van der Waals surface area contributed by atoms with Crippen molar-refractivity contribution in [3.63, 3.8) is 0 Å². The molecule has 0 amide bonds. The van der Waals surface area contributed by atoms with E-state index in [9.17, 15) is 0 Å². The predicted molar refractivity (Wildman–Crippen MR) is 76.5 cm³/mol. The molecule has 2 nitrogen and oxygen atoms in total. The lowest BCUT2D eigenvalue weighted by Crippen LogP contribution is -2.46. The first-order valence-corrected chi connectivity index (χ1v) is 13.1. The van der Waals surface area contributed by atoms with E-state index in [0.717, 1.165) is 5.69 Å². The zero-order chi connectivity index (χ0) is 12.6. The van der Waals surface area contributed by atoms with Crippen LogP contribution in [0.5, 0.6) is 0 Å². The molecule has 5 heteroatoms. The van der Waals surface area contributed by atoms with Crippen LogP contribution >= 0.6 is 11.6 Å². The van der Waals surface area contributed by atoms with Gasteiger partial charge in [0.2, 0.25) is 0 Å². The Morgan fingerprint density at radius 3 is 1.75 bits per heavy atom. The zero-order valence-corrected chi connectivity index (χ0v) is 13.8. The van der Waals surface area contributed by atoms with Crippen LogP contribution in [0.3, 0.4) is 0 Å². The van der Waals surface area contributed by atoms with Gasteiger partial charge in [0.15, 0.2) is 0 Å². The van der Waals surface area contributed by atoms with Crippen molar-refractivity contribution in [2.24, 2.45) is 0 Å². The van der Waals surface area contributed by atoms with Crippen LogP contribution in [0, 0.1) is 0 Å². The number of rotatable bonds is 3. The summed E-state index contributed by atoms with van der Waals surface area (Å²) in [6, 6.07) is 0. The smallest absolute Gasteiger partial charge is 0.147 e. The fourth-order valence-corrected chi connectivity index (χ4v) is 15.2. The topological polar surface area (TPSA) is 25.8 Å². The molecule has 90 valence electrons. The van der Waals surface area contributed by atoms with E-state index < -0.39 is 16.1 Å². The second kappa shape index (κ2) is 4.58. The van der Waals surface area contributed by atoms with Crippen molar-refractivity contribution in [1.82, 2.24) is 9.97 Å². The summed E-state index contributed by atoms with van der Waals surface area (Å²) < 4.78 is 0. The standard InChI is InChI=1S/C11H21ClN2Si2/c1-15(2,3)11(16(4,5)6)9-7-14-10(12)8-13-9/h7-8,11H,1-6H3. The molecule has 0 bridgehead atoms. The Hall–Kier alpha value is -0.196. The van der Waals surface area contributed by atoms with Crippen molar-refractivity contribution in [3.05, 3.63) is 23.2 Å². The molecule has 0 aliphatic carbocycles. The maximum absolute atomic E-state index is 5.79. The highest BCUT2D eigenvalue weighted by Crippen LogP contribution is 2.34. The third kappa shape index (κ3) is 3.40. The van der Waals surface area contributed by atoms with Gasteiger partial charge in [-0.2, -0.15) is 0 Å². The molecular weight excluding hydrogens is 252 g/mol. The van der Waals surface area contributed by atoms with E-state index in [-0.39, 0.29) is 0 Å². The van der Waals surface area contributed by atoms with Crippen molar-refractivity contribution in [1.29, 1.82) is 0 Å². The van der Waals surface area contributed by atoms with E-state index in [2.05, 4.69) is 49.3 Å². The molecule has 0 aliphatic heterocycles. The summed E-state index contributed by atoms with van der Waals surface area (Å²) in [5, 5.41) is 1.11. The first-order valence-electron chi connectivity index (χ1n) is 5.60. The molecule has 1 aromatic heterocycles. The number of halogens is 1. The normalized spacial score (nSPS) is 13.2. The van der Waals surface area contributed by atoms with Gasteiger partial charge in [0.25, 0.3) is 0 Å². The molecule has 1 rings (SSSR count). The van der Waals surface area contributed by atoms with E-state index in [1.807, 2.05) is 6.20 Å². The van der Waals surface area contributed by atoms with E-state index >= 15 is 0 Å². The summed E-state index contributed by atoms with van der Waals surface area (Å²) in [4.78, 5) is 8.66. The Kier molecular flexibility index (Phi) is 3.97. The summed E-state index contributed by atoms with van der Waals surface area (Å²) in [5.41, 5.74) is 1.14. The highest BCUT2D eigenvalue weighted by Gasteiger charge is 2.39. The third-order valence-electron chi connectivity index (χ3n) is 2.67. The largest absolute Gasteiger partial charge is 0.257 e. The molecule has 0 aromatic carbocycles. The van der Waals surface area contributed by atoms with Crippen LogP contribution < -0.4 is 0 Å². The van der Waals surface area contributed by atoms with Gasteiger partial charge in [0.05, 0.1) is 28.0 Å². The molecular formula is C11H21ClN2Si2. The van der Waals surface area contributed by atoms with Crippen LogP contribution in [0.2, 0.25) is 44.4 Å². The second-order valence-electron chi connectivity index (χ2n) is 6.43. The summed E-state index contributed by atoms with van der Waals surface area (Å²) >= 11 is 5.79. The molecule has 0 fully saturated rings. The lowest BCUT2D eigenvalue weighted by molar-refractivity contribution is 1.02. The van der Waals surface area contributed by atoms with Crippen molar-refractivity contribution >= 4 is 27.7 Å². The van der Waals surface area contributed by atoms with E-state index in [1.165, 1.54) is 0 Å². The lowest BCUT2D eigenvalue weighted by Gasteiger charge is -2.37. The van der Waals surface area contributed by atoms with Gasteiger partial charge in [-0.05, 0) is 5.16 Å². The minimum Gasteiger partial charge on any atom is -0.257 e. The number of hydrogen-bond donors (Lipinski definition) is 0. The van der Waals surface area contributed by atoms with Crippen LogP contribution in [0.4, 0.5) is 0 Å². The molecule has 0 saturated heterocycles. The maximum atomic E-state index is 5.79. The van der Waals surface area contributed by atoms with Gasteiger partial charge >= 0.3 is 0 Å². The Morgan fingerprint density at radius 1 is 0.938 bits per heavy atom. The quantitative estimate of drug-likeness (QED) is 0.778.